The number of hydrogen-bond donors (Lipinski definition) is 1. The lowest BCUT2D eigenvalue weighted by atomic mass is 10.2. The summed E-state index contributed by atoms with van der Waals surface area (Å²) in [6, 6.07) is 0.372. The van der Waals surface area contributed by atoms with Crippen molar-refractivity contribution in [2.75, 3.05) is 20.3 Å². The molecule has 0 atom stereocenters. The number of aromatic nitrogens is 2. The van der Waals surface area contributed by atoms with Crippen molar-refractivity contribution in [2.24, 2.45) is 5.73 Å². The average Bonchev–Trinajstić information content (AvgIpc) is 2.18. The van der Waals surface area contributed by atoms with Gasteiger partial charge in [0.25, 0.3) is 0 Å². The lowest BCUT2D eigenvalue weighted by molar-refractivity contribution is 0.140. The van der Waals surface area contributed by atoms with E-state index in [9.17, 15) is 0 Å². The molecule has 5 nitrogen and oxygen atoms in total. The first-order valence-corrected chi connectivity index (χ1v) is 4.42. The number of hydrogen-bond acceptors (Lipinski definition) is 5. The highest BCUT2D eigenvalue weighted by Gasteiger charge is 2.02. The summed E-state index contributed by atoms with van der Waals surface area (Å²) in [6.07, 6.45) is 1.68. The molecule has 0 spiro atoms. The molecule has 0 aliphatic rings. The average molecular weight is 197 g/mol. The van der Waals surface area contributed by atoms with Crippen molar-refractivity contribution in [3.63, 3.8) is 0 Å². The number of rotatable bonds is 5. The molecule has 0 unspecified atom stereocenters. The smallest absolute Gasteiger partial charge is 0.316 e. The van der Waals surface area contributed by atoms with Crippen LogP contribution in [0.5, 0.6) is 6.01 Å². The first-order valence-electron chi connectivity index (χ1n) is 4.42. The zero-order valence-corrected chi connectivity index (χ0v) is 8.49. The van der Waals surface area contributed by atoms with Gasteiger partial charge in [0.2, 0.25) is 0 Å². The Balaban J connectivity index is 2.57. The molecule has 0 bridgehead atoms. The number of nitrogens with two attached hydrogens (primary N) is 1. The van der Waals surface area contributed by atoms with E-state index in [2.05, 4.69) is 9.97 Å². The van der Waals surface area contributed by atoms with Gasteiger partial charge in [0.15, 0.2) is 0 Å². The van der Waals surface area contributed by atoms with Crippen molar-refractivity contribution in [1.82, 2.24) is 9.97 Å². The van der Waals surface area contributed by atoms with Crippen LogP contribution in [0.1, 0.15) is 11.3 Å². The SMILES string of the molecule is COCCOc1ncc(CN)c(C)n1. The molecule has 1 aromatic rings. The molecule has 1 aromatic heterocycles. The maximum absolute atomic E-state index is 5.48. The standard InChI is InChI=1S/C9H15N3O2/c1-7-8(5-10)6-11-9(12-7)14-4-3-13-2/h6H,3-5,10H2,1-2H3. The Hall–Kier alpha value is -1.20. The Labute approximate surface area is 83.3 Å². The predicted molar refractivity (Wildman–Crippen MR) is 52.0 cm³/mol. The second-order valence-electron chi connectivity index (χ2n) is 2.81. The van der Waals surface area contributed by atoms with Crippen LogP contribution in [-0.2, 0) is 11.3 Å². The molecule has 0 saturated heterocycles. The fourth-order valence-electron chi connectivity index (χ4n) is 0.957. The number of methoxy groups -OCH3 is 1. The zero-order chi connectivity index (χ0) is 10.4. The summed E-state index contributed by atoms with van der Waals surface area (Å²) >= 11 is 0. The molecule has 5 heteroatoms. The van der Waals surface area contributed by atoms with Crippen LogP contribution >= 0.6 is 0 Å². The van der Waals surface area contributed by atoms with Crippen molar-refractivity contribution >= 4 is 0 Å². The van der Waals surface area contributed by atoms with Gasteiger partial charge in [-0.25, -0.2) is 9.97 Å². The molecule has 0 amide bonds. The molecule has 1 rings (SSSR count). The Bertz CT molecular complexity index is 291. The number of ether oxygens (including phenoxy) is 2. The van der Waals surface area contributed by atoms with E-state index < -0.39 is 0 Å². The highest BCUT2D eigenvalue weighted by atomic mass is 16.5. The largest absolute Gasteiger partial charge is 0.461 e. The lowest BCUT2D eigenvalue weighted by Gasteiger charge is -2.05. The highest BCUT2D eigenvalue weighted by Crippen LogP contribution is 2.07. The van der Waals surface area contributed by atoms with Gasteiger partial charge in [-0.1, -0.05) is 0 Å². The number of aryl methyl sites for hydroxylation is 1. The van der Waals surface area contributed by atoms with Crippen LogP contribution in [0, 0.1) is 6.92 Å². The van der Waals surface area contributed by atoms with E-state index in [1.807, 2.05) is 6.92 Å². The molecule has 2 N–H and O–H groups in total. The van der Waals surface area contributed by atoms with E-state index in [-0.39, 0.29) is 0 Å². The summed E-state index contributed by atoms with van der Waals surface area (Å²) in [5.74, 6) is 0. The molecule has 0 aliphatic carbocycles. The molecule has 0 aliphatic heterocycles. The van der Waals surface area contributed by atoms with Gasteiger partial charge in [-0.3, -0.25) is 0 Å². The summed E-state index contributed by atoms with van der Waals surface area (Å²) in [6.45, 7) is 3.32. The van der Waals surface area contributed by atoms with E-state index in [1.165, 1.54) is 0 Å². The van der Waals surface area contributed by atoms with Crippen molar-refractivity contribution < 1.29 is 9.47 Å². The normalized spacial score (nSPS) is 10.2. The van der Waals surface area contributed by atoms with E-state index in [0.29, 0.717) is 25.8 Å². The molecular weight excluding hydrogens is 182 g/mol. The van der Waals surface area contributed by atoms with E-state index >= 15 is 0 Å². The minimum Gasteiger partial charge on any atom is -0.461 e. The molecule has 1 heterocycles. The van der Waals surface area contributed by atoms with Gasteiger partial charge in [0.05, 0.1) is 6.61 Å². The Morgan fingerprint density at radius 3 is 2.79 bits per heavy atom. The minimum atomic E-state index is 0.372. The van der Waals surface area contributed by atoms with Crippen molar-refractivity contribution in [3.05, 3.63) is 17.5 Å². The van der Waals surface area contributed by atoms with E-state index in [1.54, 1.807) is 13.3 Å². The summed E-state index contributed by atoms with van der Waals surface area (Å²) in [5, 5.41) is 0. The van der Waals surface area contributed by atoms with Crippen LogP contribution in [-0.4, -0.2) is 30.3 Å². The molecule has 0 saturated carbocycles. The highest BCUT2D eigenvalue weighted by molar-refractivity contribution is 5.17. The lowest BCUT2D eigenvalue weighted by Crippen LogP contribution is -2.09. The third-order valence-corrected chi connectivity index (χ3v) is 1.80. The summed E-state index contributed by atoms with van der Waals surface area (Å²) < 4.78 is 10.1. The van der Waals surface area contributed by atoms with Gasteiger partial charge in [0.1, 0.15) is 6.61 Å². The van der Waals surface area contributed by atoms with Crippen LogP contribution in [0.4, 0.5) is 0 Å². The topological polar surface area (TPSA) is 70.3 Å². The summed E-state index contributed by atoms with van der Waals surface area (Å²) in [5.41, 5.74) is 7.27. The molecule has 0 aromatic carbocycles. The van der Waals surface area contributed by atoms with Crippen LogP contribution < -0.4 is 10.5 Å². The third kappa shape index (κ3) is 2.93. The summed E-state index contributed by atoms with van der Waals surface area (Å²) in [7, 11) is 1.62. The second kappa shape index (κ2) is 5.51. The van der Waals surface area contributed by atoms with Crippen LogP contribution in [0.3, 0.4) is 0 Å². The summed E-state index contributed by atoms with van der Waals surface area (Å²) in [4.78, 5) is 8.16. The number of nitrogens with zero attached hydrogens (tertiary/aromatic N) is 2. The van der Waals surface area contributed by atoms with Gasteiger partial charge in [-0.2, -0.15) is 0 Å². The van der Waals surface area contributed by atoms with Gasteiger partial charge in [-0.15, -0.1) is 0 Å². The van der Waals surface area contributed by atoms with Crippen LogP contribution in [0.25, 0.3) is 0 Å². The predicted octanol–water partition coefficient (Wildman–Crippen LogP) is 0.269. The Morgan fingerprint density at radius 1 is 1.43 bits per heavy atom. The zero-order valence-electron chi connectivity index (χ0n) is 8.49. The molecule has 78 valence electrons. The first kappa shape index (κ1) is 10.9. The second-order valence-corrected chi connectivity index (χ2v) is 2.81. The van der Waals surface area contributed by atoms with Gasteiger partial charge in [0, 0.05) is 31.1 Å². The van der Waals surface area contributed by atoms with Crippen molar-refractivity contribution in [3.8, 4) is 6.01 Å². The molecular formula is C9H15N3O2. The third-order valence-electron chi connectivity index (χ3n) is 1.80. The fraction of sp³-hybridized carbons (Fsp3) is 0.556. The van der Waals surface area contributed by atoms with Crippen molar-refractivity contribution in [2.45, 2.75) is 13.5 Å². The molecule has 0 radical (unpaired) electrons. The van der Waals surface area contributed by atoms with Gasteiger partial charge in [-0.05, 0) is 6.92 Å². The maximum Gasteiger partial charge on any atom is 0.316 e. The van der Waals surface area contributed by atoms with E-state index in [4.69, 9.17) is 15.2 Å². The van der Waals surface area contributed by atoms with Gasteiger partial charge < -0.3 is 15.2 Å². The Morgan fingerprint density at radius 2 is 2.21 bits per heavy atom. The van der Waals surface area contributed by atoms with Crippen LogP contribution in [0.15, 0.2) is 6.20 Å². The fourth-order valence-corrected chi connectivity index (χ4v) is 0.957. The Kier molecular flexibility index (Phi) is 4.28. The quantitative estimate of drug-likeness (QED) is 0.686. The first-order chi connectivity index (χ1) is 6.77. The molecule has 0 fully saturated rings. The van der Waals surface area contributed by atoms with Crippen LogP contribution in [0.2, 0.25) is 0 Å². The maximum atomic E-state index is 5.48. The van der Waals surface area contributed by atoms with E-state index in [0.717, 1.165) is 11.3 Å². The minimum absolute atomic E-state index is 0.372. The van der Waals surface area contributed by atoms with Gasteiger partial charge >= 0.3 is 6.01 Å². The van der Waals surface area contributed by atoms with Crippen molar-refractivity contribution in [1.29, 1.82) is 0 Å². The monoisotopic (exact) mass is 197 g/mol. The molecule has 14 heavy (non-hydrogen) atoms.